The van der Waals surface area contributed by atoms with Crippen LogP contribution in [-0.2, 0) is 4.79 Å². The van der Waals surface area contributed by atoms with Gasteiger partial charge in [-0.1, -0.05) is 5.92 Å². The lowest BCUT2D eigenvalue weighted by atomic mass is 10.4. The van der Waals surface area contributed by atoms with E-state index in [1.807, 2.05) is 0 Å². The van der Waals surface area contributed by atoms with Gasteiger partial charge in [-0.15, -0.1) is 5.92 Å². The van der Waals surface area contributed by atoms with Crippen LogP contribution in [0.25, 0.3) is 0 Å². The van der Waals surface area contributed by atoms with Crippen molar-refractivity contribution in [1.82, 2.24) is 5.43 Å². The summed E-state index contributed by atoms with van der Waals surface area (Å²) in [4.78, 5) is 10.2. The molecule has 0 saturated heterocycles. The van der Waals surface area contributed by atoms with Gasteiger partial charge >= 0.3 is 5.97 Å². The van der Waals surface area contributed by atoms with Crippen molar-refractivity contribution in [3.05, 3.63) is 0 Å². The van der Waals surface area contributed by atoms with Gasteiger partial charge in [0.05, 0.1) is 6.54 Å². The summed E-state index contributed by atoms with van der Waals surface area (Å²) in [5, 5.41) is 11.9. The fourth-order valence-corrected chi connectivity index (χ4v) is 0.334. The normalized spacial score (nSPS) is 9.82. The minimum Gasteiger partial charge on any atom is -0.477 e. The van der Waals surface area contributed by atoms with Gasteiger partial charge in [-0.2, -0.15) is 5.10 Å². The predicted molar refractivity (Wildman–Crippen MR) is 42.2 cm³/mol. The van der Waals surface area contributed by atoms with Crippen molar-refractivity contribution in [2.24, 2.45) is 5.10 Å². The quantitative estimate of drug-likeness (QED) is 0.261. The standard InChI is InChI=1S/C7H10N2O2/c1-3-4-5-8-9-6(2)7(10)11/h8H,5H2,1-2H3,(H,10,11)/b9-6-. The monoisotopic (exact) mass is 154 g/mol. The predicted octanol–water partition coefficient (Wildman–Crippen LogP) is 0.0598. The Morgan fingerprint density at radius 3 is 2.82 bits per heavy atom. The van der Waals surface area contributed by atoms with Crippen molar-refractivity contribution in [1.29, 1.82) is 0 Å². The van der Waals surface area contributed by atoms with E-state index in [4.69, 9.17) is 5.11 Å². The fraction of sp³-hybridized carbons (Fsp3) is 0.429. The molecule has 0 aromatic rings. The molecule has 0 rings (SSSR count). The van der Waals surface area contributed by atoms with E-state index in [2.05, 4.69) is 22.4 Å². The number of nitrogens with zero attached hydrogens (tertiary/aromatic N) is 1. The van der Waals surface area contributed by atoms with Crippen molar-refractivity contribution < 1.29 is 9.90 Å². The average molecular weight is 154 g/mol. The number of rotatable bonds is 3. The van der Waals surface area contributed by atoms with Gasteiger partial charge < -0.3 is 5.11 Å². The Hall–Kier alpha value is -1.50. The molecule has 0 atom stereocenters. The van der Waals surface area contributed by atoms with Gasteiger partial charge in [-0.05, 0) is 13.8 Å². The zero-order chi connectivity index (χ0) is 8.69. The van der Waals surface area contributed by atoms with Crippen LogP contribution in [0.5, 0.6) is 0 Å². The minimum atomic E-state index is -1.03. The third-order valence-corrected chi connectivity index (χ3v) is 0.900. The first kappa shape index (κ1) is 9.50. The van der Waals surface area contributed by atoms with Crippen LogP contribution in [0.3, 0.4) is 0 Å². The Kier molecular flexibility index (Phi) is 4.58. The number of hydrazone groups is 1. The molecule has 2 N–H and O–H groups in total. The molecule has 0 aliphatic carbocycles. The molecular formula is C7H10N2O2. The molecule has 0 heterocycles. The molecule has 4 heteroatoms. The van der Waals surface area contributed by atoms with Crippen molar-refractivity contribution in [2.45, 2.75) is 13.8 Å². The molecule has 11 heavy (non-hydrogen) atoms. The van der Waals surface area contributed by atoms with Gasteiger partial charge in [0.1, 0.15) is 5.71 Å². The second-order valence-electron chi connectivity index (χ2n) is 1.76. The van der Waals surface area contributed by atoms with E-state index in [0.29, 0.717) is 6.54 Å². The maximum absolute atomic E-state index is 10.2. The second kappa shape index (κ2) is 5.30. The second-order valence-corrected chi connectivity index (χ2v) is 1.76. The summed E-state index contributed by atoms with van der Waals surface area (Å²) in [6, 6.07) is 0. The largest absolute Gasteiger partial charge is 0.477 e. The first-order valence-electron chi connectivity index (χ1n) is 3.08. The van der Waals surface area contributed by atoms with E-state index in [0.717, 1.165) is 0 Å². The molecule has 0 aliphatic rings. The molecule has 0 aliphatic heterocycles. The average Bonchev–Trinajstić information content (AvgIpc) is 1.97. The lowest BCUT2D eigenvalue weighted by molar-refractivity contribution is -0.129. The van der Waals surface area contributed by atoms with Crippen LogP contribution >= 0.6 is 0 Å². The van der Waals surface area contributed by atoms with Gasteiger partial charge in [0, 0.05) is 0 Å². The Morgan fingerprint density at radius 1 is 1.73 bits per heavy atom. The zero-order valence-electron chi connectivity index (χ0n) is 6.51. The molecule has 0 spiro atoms. The first-order valence-corrected chi connectivity index (χ1v) is 3.08. The summed E-state index contributed by atoms with van der Waals surface area (Å²) < 4.78 is 0. The molecule has 4 nitrogen and oxygen atoms in total. The number of carboxylic acids is 1. The summed E-state index contributed by atoms with van der Waals surface area (Å²) in [5.41, 5.74) is 2.53. The molecule has 0 aromatic carbocycles. The fourth-order valence-electron chi connectivity index (χ4n) is 0.334. The van der Waals surface area contributed by atoms with E-state index in [-0.39, 0.29) is 5.71 Å². The maximum Gasteiger partial charge on any atom is 0.351 e. The SMILES string of the molecule is CC#CCN/N=C(/C)C(=O)O. The third kappa shape index (κ3) is 4.97. The Balaban J connectivity index is 3.71. The topological polar surface area (TPSA) is 61.7 Å². The van der Waals surface area contributed by atoms with E-state index >= 15 is 0 Å². The van der Waals surface area contributed by atoms with Gasteiger partial charge in [0.2, 0.25) is 0 Å². The van der Waals surface area contributed by atoms with Crippen molar-refractivity contribution in [2.75, 3.05) is 6.54 Å². The highest BCUT2D eigenvalue weighted by atomic mass is 16.4. The van der Waals surface area contributed by atoms with Crippen LogP contribution in [-0.4, -0.2) is 23.3 Å². The summed E-state index contributed by atoms with van der Waals surface area (Å²) >= 11 is 0. The highest BCUT2D eigenvalue weighted by molar-refractivity contribution is 6.34. The number of hydrogen-bond donors (Lipinski definition) is 2. The molecular weight excluding hydrogens is 144 g/mol. The lowest BCUT2D eigenvalue weighted by Crippen LogP contribution is -2.15. The number of aliphatic carboxylic acids is 1. The number of carboxylic acid groups (broad SMARTS) is 1. The smallest absolute Gasteiger partial charge is 0.351 e. The molecule has 0 aromatic heterocycles. The van der Waals surface area contributed by atoms with Crippen LogP contribution in [0.2, 0.25) is 0 Å². The first-order chi connectivity index (χ1) is 5.18. The summed E-state index contributed by atoms with van der Waals surface area (Å²) in [6.07, 6.45) is 0. The summed E-state index contributed by atoms with van der Waals surface area (Å²) in [7, 11) is 0. The maximum atomic E-state index is 10.2. The van der Waals surface area contributed by atoms with E-state index in [1.54, 1.807) is 6.92 Å². The number of nitrogens with one attached hydrogen (secondary N) is 1. The van der Waals surface area contributed by atoms with Crippen LogP contribution in [0.1, 0.15) is 13.8 Å². The summed E-state index contributed by atoms with van der Waals surface area (Å²) in [5.74, 6) is 4.30. The molecule has 0 bridgehead atoms. The van der Waals surface area contributed by atoms with Gasteiger partial charge in [0.15, 0.2) is 0 Å². The molecule has 0 radical (unpaired) electrons. The van der Waals surface area contributed by atoms with Crippen molar-refractivity contribution in [3.8, 4) is 11.8 Å². The van der Waals surface area contributed by atoms with E-state index in [9.17, 15) is 4.79 Å². The molecule has 0 fully saturated rings. The number of carbonyl (C=O) groups is 1. The Bertz CT molecular complexity index is 222. The van der Waals surface area contributed by atoms with Crippen LogP contribution < -0.4 is 5.43 Å². The highest BCUT2D eigenvalue weighted by Gasteiger charge is 1.98. The Labute approximate surface area is 65.3 Å². The van der Waals surface area contributed by atoms with Crippen molar-refractivity contribution >= 4 is 11.7 Å². The van der Waals surface area contributed by atoms with Crippen LogP contribution in [0.15, 0.2) is 5.10 Å². The molecule has 60 valence electrons. The van der Waals surface area contributed by atoms with E-state index < -0.39 is 5.97 Å². The molecule has 0 saturated carbocycles. The number of hydrogen-bond acceptors (Lipinski definition) is 3. The molecule has 0 amide bonds. The highest BCUT2D eigenvalue weighted by Crippen LogP contribution is 1.72. The van der Waals surface area contributed by atoms with E-state index in [1.165, 1.54) is 6.92 Å². The molecule has 0 unspecified atom stereocenters. The zero-order valence-corrected chi connectivity index (χ0v) is 6.51. The Morgan fingerprint density at radius 2 is 2.36 bits per heavy atom. The van der Waals surface area contributed by atoms with Gasteiger partial charge in [-0.25, -0.2) is 4.79 Å². The van der Waals surface area contributed by atoms with Crippen LogP contribution in [0.4, 0.5) is 0 Å². The van der Waals surface area contributed by atoms with Crippen LogP contribution in [0, 0.1) is 11.8 Å². The lowest BCUT2D eigenvalue weighted by Gasteiger charge is -1.93. The van der Waals surface area contributed by atoms with Gasteiger partial charge in [0.25, 0.3) is 0 Å². The third-order valence-electron chi connectivity index (χ3n) is 0.900. The van der Waals surface area contributed by atoms with Crippen molar-refractivity contribution in [3.63, 3.8) is 0 Å². The minimum absolute atomic E-state index is 0.0305. The summed E-state index contributed by atoms with van der Waals surface area (Å²) in [6.45, 7) is 3.49. The van der Waals surface area contributed by atoms with Gasteiger partial charge in [-0.3, -0.25) is 5.43 Å².